The molecule has 0 aliphatic rings. The van der Waals surface area contributed by atoms with E-state index in [-0.39, 0.29) is 11.8 Å². The molecule has 2 N–H and O–H groups in total. The van der Waals surface area contributed by atoms with E-state index >= 15 is 0 Å². The first-order valence-corrected chi connectivity index (χ1v) is 7.21. The molecule has 2 aromatic heterocycles. The van der Waals surface area contributed by atoms with Crippen LogP contribution in [-0.2, 0) is 6.42 Å². The normalized spacial score (nSPS) is 13.0. The third-order valence-electron chi connectivity index (χ3n) is 3.11. The molecule has 0 spiro atoms. The van der Waals surface area contributed by atoms with E-state index in [0.29, 0.717) is 6.42 Å². The molecule has 2 heterocycles. The Labute approximate surface area is 123 Å². The Bertz CT molecular complexity index is 695. The summed E-state index contributed by atoms with van der Waals surface area (Å²) in [4.78, 5) is 5.40. The van der Waals surface area contributed by atoms with Crippen molar-refractivity contribution in [3.8, 4) is 5.75 Å². The Balaban J connectivity index is 1.69. The molecule has 0 aliphatic carbocycles. The van der Waals surface area contributed by atoms with Crippen molar-refractivity contribution < 1.29 is 13.5 Å². The van der Waals surface area contributed by atoms with Crippen molar-refractivity contribution in [2.75, 3.05) is 0 Å². The highest BCUT2D eigenvalue weighted by molar-refractivity contribution is 7.15. The lowest BCUT2D eigenvalue weighted by atomic mass is 10.0. The van der Waals surface area contributed by atoms with E-state index in [1.807, 2.05) is 22.2 Å². The van der Waals surface area contributed by atoms with Crippen molar-refractivity contribution in [2.45, 2.75) is 19.1 Å². The van der Waals surface area contributed by atoms with Gasteiger partial charge in [0.15, 0.2) is 4.96 Å². The van der Waals surface area contributed by atoms with Crippen LogP contribution in [0.4, 0.5) is 8.78 Å². The number of hydrogen-bond donors (Lipinski definition) is 1. The molecule has 1 aromatic carbocycles. The molecule has 0 aliphatic heterocycles. The van der Waals surface area contributed by atoms with Crippen LogP contribution in [-0.4, -0.2) is 16.0 Å². The maximum Gasteiger partial charge on any atom is 0.387 e. The largest absolute Gasteiger partial charge is 0.435 e. The van der Waals surface area contributed by atoms with Gasteiger partial charge in [0.25, 0.3) is 0 Å². The molecule has 1 atom stereocenters. The third kappa shape index (κ3) is 3.20. The highest BCUT2D eigenvalue weighted by atomic mass is 32.1. The summed E-state index contributed by atoms with van der Waals surface area (Å²) in [5.74, 6) is 0.128. The quantitative estimate of drug-likeness (QED) is 0.787. The number of fused-ring (bicyclic) bond motifs is 1. The lowest BCUT2D eigenvalue weighted by molar-refractivity contribution is -0.0498. The molecule has 0 fully saturated rings. The fraction of sp³-hybridized carbons (Fsp3) is 0.214. The number of alkyl halides is 2. The number of rotatable bonds is 5. The van der Waals surface area contributed by atoms with Gasteiger partial charge in [-0.1, -0.05) is 12.1 Å². The van der Waals surface area contributed by atoms with Crippen LogP contribution in [0.25, 0.3) is 4.96 Å². The smallest absolute Gasteiger partial charge is 0.387 e. The number of nitrogens with zero attached hydrogens (tertiary/aromatic N) is 2. The molecule has 3 aromatic rings. The van der Waals surface area contributed by atoms with Gasteiger partial charge in [0.05, 0.1) is 5.69 Å². The van der Waals surface area contributed by atoms with Crippen molar-refractivity contribution in [1.29, 1.82) is 0 Å². The maximum atomic E-state index is 12.1. The van der Waals surface area contributed by atoms with Crippen LogP contribution < -0.4 is 10.5 Å². The number of halogens is 2. The van der Waals surface area contributed by atoms with Gasteiger partial charge in [0.2, 0.25) is 0 Å². The van der Waals surface area contributed by atoms with Crippen molar-refractivity contribution in [3.05, 3.63) is 53.3 Å². The van der Waals surface area contributed by atoms with Gasteiger partial charge in [-0.3, -0.25) is 4.40 Å². The molecule has 21 heavy (non-hydrogen) atoms. The molecule has 110 valence electrons. The van der Waals surface area contributed by atoms with Gasteiger partial charge in [0, 0.05) is 30.2 Å². The van der Waals surface area contributed by atoms with E-state index in [0.717, 1.165) is 16.2 Å². The monoisotopic (exact) mass is 309 g/mol. The molecule has 3 rings (SSSR count). The van der Waals surface area contributed by atoms with Gasteiger partial charge < -0.3 is 10.5 Å². The molecule has 0 saturated heterocycles. The standard InChI is InChI=1S/C14H13F2N3OS/c15-13(16)20-11-3-1-9(2-4-11)12(17)7-10-8-19-5-6-21-14(19)18-10/h1-6,8,12-13H,7,17H2. The highest BCUT2D eigenvalue weighted by Crippen LogP contribution is 2.21. The summed E-state index contributed by atoms with van der Waals surface area (Å²) in [7, 11) is 0. The van der Waals surface area contributed by atoms with Crippen LogP contribution in [0, 0.1) is 0 Å². The summed E-state index contributed by atoms with van der Waals surface area (Å²) < 4.78 is 30.4. The first-order chi connectivity index (χ1) is 10.1. The number of aromatic nitrogens is 2. The second-order valence-corrected chi connectivity index (χ2v) is 5.46. The van der Waals surface area contributed by atoms with E-state index in [4.69, 9.17) is 5.73 Å². The number of thiazole rings is 1. The maximum absolute atomic E-state index is 12.1. The van der Waals surface area contributed by atoms with E-state index in [1.165, 1.54) is 12.1 Å². The van der Waals surface area contributed by atoms with Crippen LogP contribution in [0.1, 0.15) is 17.3 Å². The Morgan fingerprint density at radius 3 is 2.71 bits per heavy atom. The first-order valence-electron chi connectivity index (χ1n) is 6.33. The second-order valence-electron chi connectivity index (χ2n) is 4.58. The van der Waals surface area contributed by atoms with E-state index in [9.17, 15) is 8.78 Å². The zero-order valence-corrected chi connectivity index (χ0v) is 11.8. The first kappa shape index (κ1) is 14.0. The summed E-state index contributed by atoms with van der Waals surface area (Å²) in [6.07, 6.45) is 4.47. The summed E-state index contributed by atoms with van der Waals surface area (Å²) >= 11 is 1.56. The molecular weight excluding hydrogens is 296 g/mol. The molecular formula is C14H13F2N3OS. The molecule has 0 amide bonds. The molecule has 0 saturated carbocycles. The van der Waals surface area contributed by atoms with Gasteiger partial charge in [0.1, 0.15) is 5.75 Å². The molecule has 1 unspecified atom stereocenters. The Hall–Kier alpha value is -1.99. The Morgan fingerprint density at radius 1 is 1.29 bits per heavy atom. The topological polar surface area (TPSA) is 52.5 Å². The number of nitrogens with two attached hydrogens (primary N) is 1. The SMILES string of the molecule is NC(Cc1cn2ccsc2n1)c1ccc(OC(F)F)cc1. The lowest BCUT2D eigenvalue weighted by Crippen LogP contribution is -2.13. The minimum Gasteiger partial charge on any atom is -0.435 e. The van der Waals surface area contributed by atoms with Crippen LogP contribution in [0.5, 0.6) is 5.75 Å². The predicted octanol–water partition coefficient (Wildman–Crippen LogP) is 3.24. The average Bonchev–Trinajstić information content (AvgIpc) is 2.99. The highest BCUT2D eigenvalue weighted by Gasteiger charge is 2.11. The van der Waals surface area contributed by atoms with Gasteiger partial charge in [-0.15, -0.1) is 11.3 Å². The minimum atomic E-state index is -2.82. The van der Waals surface area contributed by atoms with E-state index in [1.54, 1.807) is 23.5 Å². The van der Waals surface area contributed by atoms with Crippen LogP contribution >= 0.6 is 11.3 Å². The Morgan fingerprint density at radius 2 is 2.05 bits per heavy atom. The van der Waals surface area contributed by atoms with Gasteiger partial charge in [-0.2, -0.15) is 8.78 Å². The van der Waals surface area contributed by atoms with Gasteiger partial charge >= 0.3 is 6.61 Å². The average molecular weight is 309 g/mol. The van der Waals surface area contributed by atoms with Crippen molar-refractivity contribution in [3.63, 3.8) is 0 Å². The summed E-state index contributed by atoms with van der Waals surface area (Å²) in [6.45, 7) is -2.82. The van der Waals surface area contributed by atoms with Gasteiger partial charge in [-0.05, 0) is 17.7 Å². The zero-order chi connectivity index (χ0) is 14.8. The number of ether oxygens (including phenoxy) is 1. The number of benzene rings is 1. The summed E-state index contributed by atoms with van der Waals surface area (Å²) in [6, 6.07) is 6.14. The summed E-state index contributed by atoms with van der Waals surface area (Å²) in [5.41, 5.74) is 7.89. The minimum absolute atomic E-state index is 0.128. The van der Waals surface area contributed by atoms with E-state index in [2.05, 4.69) is 9.72 Å². The van der Waals surface area contributed by atoms with E-state index < -0.39 is 6.61 Å². The third-order valence-corrected chi connectivity index (χ3v) is 3.88. The second kappa shape index (κ2) is 5.79. The van der Waals surface area contributed by atoms with Crippen LogP contribution in [0.15, 0.2) is 42.0 Å². The predicted molar refractivity (Wildman–Crippen MR) is 76.8 cm³/mol. The number of imidazole rings is 1. The van der Waals surface area contributed by atoms with Crippen molar-refractivity contribution in [2.24, 2.45) is 5.73 Å². The van der Waals surface area contributed by atoms with Crippen LogP contribution in [0.2, 0.25) is 0 Å². The van der Waals surface area contributed by atoms with Crippen molar-refractivity contribution >= 4 is 16.3 Å². The molecule has 0 radical (unpaired) electrons. The molecule has 4 nitrogen and oxygen atoms in total. The molecule has 0 bridgehead atoms. The fourth-order valence-electron chi connectivity index (χ4n) is 2.11. The zero-order valence-electron chi connectivity index (χ0n) is 10.9. The Kier molecular flexibility index (Phi) is 3.85. The van der Waals surface area contributed by atoms with Crippen LogP contribution in [0.3, 0.4) is 0 Å². The van der Waals surface area contributed by atoms with Crippen molar-refractivity contribution in [1.82, 2.24) is 9.38 Å². The summed E-state index contributed by atoms with van der Waals surface area (Å²) in [5, 5.41) is 1.97. The molecule has 7 heteroatoms. The lowest BCUT2D eigenvalue weighted by Gasteiger charge is -2.11. The van der Waals surface area contributed by atoms with Gasteiger partial charge in [-0.25, -0.2) is 4.98 Å². The fourth-order valence-corrected chi connectivity index (χ4v) is 2.83. The number of hydrogen-bond acceptors (Lipinski definition) is 4.